The third-order valence-corrected chi connectivity index (χ3v) is 4.14. The van der Waals surface area contributed by atoms with Crippen LogP contribution in [0.3, 0.4) is 0 Å². The largest absolute Gasteiger partial charge is 0.494 e. The number of nitrogens with zero attached hydrogens (tertiary/aromatic N) is 2. The Labute approximate surface area is 163 Å². The van der Waals surface area contributed by atoms with Crippen molar-refractivity contribution in [3.8, 4) is 5.75 Å². The lowest BCUT2D eigenvalue weighted by atomic mass is 9.96. The van der Waals surface area contributed by atoms with Crippen LogP contribution in [0.4, 0.5) is 5.69 Å². The number of benzene rings is 2. The minimum Gasteiger partial charge on any atom is -0.494 e. The predicted molar refractivity (Wildman–Crippen MR) is 105 cm³/mol. The van der Waals surface area contributed by atoms with E-state index in [-0.39, 0.29) is 29.8 Å². The molecule has 7 nitrogen and oxygen atoms in total. The third kappa shape index (κ3) is 4.83. The average molecular weight is 390 g/mol. The second kappa shape index (κ2) is 9.14. The van der Waals surface area contributed by atoms with Gasteiger partial charge < -0.3 is 10.1 Å². The van der Waals surface area contributed by atoms with E-state index < -0.39 is 4.92 Å². The van der Waals surface area contributed by atoms with Crippen molar-refractivity contribution in [3.05, 3.63) is 69.8 Å². The maximum absolute atomic E-state index is 12.6. The van der Waals surface area contributed by atoms with E-state index in [1.165, 1.54) is 12.1 Å². The van der Waals surface area contributed by atoms with Crippen LogP contribution in [-0.4, -0.2) is 36.2 Å². The van der Waals surface area contributed by atoms with Gasteiger partial charge in [-0.3, -0.25) is 19.9 Å². The number of nitro groups is 1. The Morgan fingerprint density at radius 2 is 2.04 bits per heavy atom. The highest BCUT2D eigenvalue weighted by molar-refractivity contribution is 6.02. The zero-order chi connectivity index (χ0) is 18.5. The van der Waals surface area contributed by atoms with Crippen molar-refractivity contribution in [3.63, 3.8) is 0 Å². The Balaban J connectivity index is 0.00000261. The Bertz CT molecular complexity index is 852. The summed E-state index contributed by atoms with van der Waals surface area (Å²) < 4.78 is 5.38. The van der Waals surface area contributed by atoms with Crippen LogP contribution in [-0.2, 0) is 0 Å². The molecule has 27 heavy (non-hydrogen) atoms. The highest BCUT2D eigenvalue weighted by atomic mass is 35.5. The molecule has 0 saturated heterocycles. The minimum atomic E-state index is -0.439. The van der Waals surface area contributed by atoms with Crippen molar-refractivity contribution < 1.29 is 14.5 Å². The van der Waals surface area contributed by atoms with Gasteiger partial charge in [-0.25, -0.2) is 0 Å². The molecule has 2 aromatic carbocycles. The van der Waals surface area contributed by atoms with E-state index in [4.69, 9.17) is 4.74 Å². The number of aliphatic imine (C=N–C) groups is 1. The fraction of sp³-hybridized carbons (Fsp3) is 0.263. The number of hydrogen-bond acceptors (Lipinski definition) is 6. The number of carbonyl (C=O) groups excluding carboxylic acids is 1. The van der Waals surface area contributed by atoms with Gasteiger partial charge in [0.1, 0.15) is 11.6 Å². The molecule has 1 aliphatic heterocycles. The molecule has 1 N–H and O–H groups in total. The summed E-state index contributed by atoms with van der Waals surface area (Å²) in [6, 6.07) is 13.4. The maximum Gasteiger partial charge on any atom is 0.270 e. The molecule has 8 heteroatoms. The zero-order valence-corrected chi connectivity index (χ0v) is 15.6. The normalized spacial score (nSPS) is 15.7. The lowest BCUT2D eigenvalue weighted by molar-refractivity contribution is -0.384. The summed E-state index contributed by atoms with van der Waals surface area (Å²) in [5, 5.41) is 14.0. The van der Waals surface area contributed by atoms with Crippen molar-refractivity contribution in [2.75, 3.05) is 19.7 Å². The van der Waals surface area contributed by atoms with Gasteiger partial charge in [0.2, 0.25) is 0 Å². The lowest BCUT2D eigenvalue weighted by Crippen LogP contribution is -2.39. The number of halogens is 1. The average Bonchev–Trinajstić information content (AvgIpc) is 2.68. The molecule has 1 atom stereocenters. The van der Waals surface area contributed by atoms with Crippen LogP contribution in [0, 0.1) is 16.0 Å². The van der Waals surface area contributed by atoms with E-state index in [1.807, 2.05) is 6.92 Å². The standard InChI is InChI=1S/C19H19N3O4.ClH/c1-2-26-17-8-6-13(7-9-17)18(23)15-11-20-19(21-12-15)14-4-3-5-16(10-14)22(24)25;/h3-10,15H,2,11-12H2,1H3,(H,20,21);1H. The van der Waals surface area contributed by atoms with Gasteiger partial charge in [0.15, 0.2) is 5.78 Å². The molecule has 2 aromatic rings. The van der Waals surface area contributed by atoms with Gasteiger partial charge in [0, 0.05) is 29.8 Å². The number of nitro benzene ring substituents is 1. The number of amidine groups is 1. The second-order valence-corrected chi connectivity index (χ2v) is 5.90. The summed E-state index contributed by atoms with van der Waals surface area (Å²) in [6.07, 6.45) is 0. The molecule has 1 unspecified atom stereocenters. The highest BCUT2D eigenvalue weighted by Gasteiger charge is 2.24. The summed E-state index contributed by atoms with van der Waals surface area (Å²) >= 11 is 0. The van der Waals surface area contributed by atoms with Crippen molar-refractivity contribution >= 4 is 29.7 Å². The van der Waals surface area contributed by atoms with Gasteiger partial charge in [0.25, 0.3) is 5.69 Å². The zero-order valence-electron chi connectivity index (χ0n) is 14.8. The SMILES string of the molecule is CCOc1ccc(C(=O)C2CN=C(c3cccc([N+](=O)[O-])c3)NC2)cc1.Cl. The van der Waals surface area contributed by atoms with Crippen molar-refractivity contribution in [1.29, 1.82) is 0 Å². The number of Topliss-reactive ketones (excluding diaryl/α,β-unsaturated/α-hetero) is 1. The van der Waals surface area contributed by atoms with Crippen LogP contribution in [0.2, 0.25) is 0 Å². The van der Waals surface area contributed by atoms with E-state index in [2.05, 4.69) is 10.3 Å². The van der Waals surface area contributed by atoms with Crippen LogP contribution in [0.15, 0.2) is 53.5 Å². The fourth-order valence-electron chi connectivity index (χ4n) is 2.80. The highest BCUT2D eigenvalue weighted by Crippen LogP contribution is 2.18. The van der Waals surface area contributed by atoms with Crippen molar-refractivity contribution in [2.45, 2.75) is 6.92 Å². The first-order chi connectivity index (χ1) is 12.6. The first-order valence-electron chi connectivity index (χ1n) is 8.38. The van der Waals surface area contributed by atoms with Crippen LogP contribution in [0.25, 0.3) is 0 Å². The monoisotopic (exact) mass is 389 g/mol. The molecule has 0 saturated carbocycles. The van der Waals surface area contributed by atoms with Gasteiger partial charge in [-0.1, -0.05) is 12.1 Å². The minimum absolute atomic E-state index is 0. The number of ketones is 1. The topological polar surface area (TPSA) is 93.8 Å². The molecular formula is C19H20ClN3O4. The van der Waals surface area contributed by atoms with Crippen molar-refractivity contribution in [2.24, 2.45) is 10.9 Å². The number of ether oxygens (including phenoxy) is 1. The first-order valence-corrected chi connectivity index (χ1v) is 8.38. The van der Waals surface area contributed by atoms with Crippen LogP contribution in [0.1, 0.15) is 22.8 Å². The molecule has 1 aliphatic rings. The fourth-order valence-corrected chi connectivity index (χ4v) is 2.80. The molecule has 1 heterocycles. The third-order valence-electron chi connectivity index (χ3n) is 4.14. The summed E-state index contributed by atoms with van der Waals surface area (Å²) in [4.78, 5) is 27.5. The van der Waals surface area contributed by atoms with Crippen LogP contribution in [0.5, 0.6) is 5.75 Å². The van der Waals surface area contributed by atoms with Gasteiger partial charge in [-0.15, -0.1) is 12.4 Å². The number of non-ortho nitro benzene ring substituents is 1. The van der Waals surface area contributed by atoms with Gasteiger partial charge in [0.05, 0.1) is 24.0 Å². The van der Waals surface area contributed by atoms with Gasteiger partial charge in [-0.05, 0) is 31.2 Å². The summed E-state index contributed by atoms with van der Waals surface area (Å²) in [7, 11) is 0. The summed E-state index contributed by atoms with van der Waals surface area (Å²) in [5.41, 5.74) is 1.28. The predicted octanol–water partition coefficient (Wildman–Crippen LogP) is 3.26. The second-order valence-electron chi connectivity index (χ2n) is 5.90. The Hall–Kier alpha value is -2.93. The smallest absolute Gasteiger partial charge is 0.270 e. The molecule has 0 bridgehead atoms. The molecule has 0 spiro atoms. The van der Waals surface area contributed by atoms with Gasteiger partial charge in [-0.2, -0.15) is 0 Å². The van der Waals surface area contributed by atoms with Gasteiger partial charge >= 0.3 is 0 Å². The van der Waals surface area contributed by atoms with Crippen molar-refractivity contribution in [1.82, 2.24) is 5.32 Å². The Kier molecular flexibility index (Phi) is 6.90. The number of hydrogen-bond donors (Lipinski definition) is 1. The Morgan fingerprint density at radius 3 is 2.63 bits per heavy atom. The quantitative estimate of drug-likeness (QED) is 0.465. The molecule has 0 amide bonds. The summed E-state index contributed by atoms with van der Waals surface area (Å²) in [6.45, 7) is 3.27. The number of carbonyl (C=O) groups is 1. The molecular weight excluding hydrogens is 370 g/mol. The van der Waals surface area contributed by atoms with Crippen LogP contribution >= 0.6 is 12.4 Å². The molecule has 142 valence electrons. The molecule has 3 rings (SSSR count). The van der Waals surface area contributed by atoms with Crippen LogP contribution < -0.4 is 10.1 Å². The summed E-state index contributed by atoms with van der Waals surface area (Å²) in [5.74, 6) is 1.05. The van der Waals surface area contributed by atoms with E-state index in [9.17, 15) is 14.9 Å². The van der Waals surface area contributed by atoms with E-state index in [1.54, 1.807) is 36.4 Å². The van der Waals surface area contributed by atoms with E-state index in [0.29, 0.717) is 36.7 Å². The number of nitrogens with one attached hydrogen (secondary N) is 1. The maximum atomic E-state index is 12.6. The molecule has 0 fully saturated rings. The van der Waals surface area contributed by atoms with E-state index in [0.717, 1.165) is 5.75 Å². The lowest BCUT2D eigenvalue weighted by Gasteiger charge is -2.22. The molecule has 0 aromatic heterocycles. The number of rotatable bonds is 6. The van der Waals surface area contributed by atoms with E-state index >= 15 is 0 Å². The molecule has 0 aliphatic carbocycles. The Morgan fingerprint density at radius 1 is 1.30 bits per heavy atom. The molecule has 0 radical (unpaired) electrons. The first kappa shape index (κ1) is 20.4.